The predicted octanol–water partition coefficient (Wildman–Crippen LogP) is 2.65. The SMILES string of the molecule is CC(NC(=O)c1cccc([N+](=O)[O-])c1)C(=O)NC1C2CC3CC(C2)CC1C3. The molecule has 0 heterocycles. The Morgan fingerprint density at radius 1 is 1.11 bits per heavy atom. The number of benzene rings is 1. The van der Waals surface area contributed by atoms with E-state index in [1.165, 1.54) is 56.4 Å². The van der Waals surface area contributed by atoms with Crippen LogP contribution in [0.15, 0.2) is 24.3 Å². The lowest BCUT2D eigenvalue weighted by Crippen LogP contribution is -2.58. The van der Waals surface area contributed by atoms with E-state index in [2.05, 4.69) is 10.6 Å². The highest BCUT2D eigenvalue weighted by atomic mass is 16.6. The quantitative estimate of drug-likeness (QED) is 0.614. The van der Waals surface area contributed by atoms with Gasteiger partial charge in [0, 0.05) is 23.7 Å². The summed E-state index contributed by atoms with van der Waals surface area (Å²) in [5.74, 6) is 2.17. The third-order valence-corrected chi connectivity index (χ3v) is 6.60. The Balaban J connectivity index is 1.36. The van der Waals surface area contributed by atoms with E-state index in [1.807, 2.05) is 0 Å². The molecule has 1 unspecified atom stereocenters. The minimum absolute atomic E-state index is 0.145. The zero-order chi connectivity index (χ0) is 19.1. The van der Waals surface area contributed by atoms with E-state index < -0.39 is 16.9 Å². The molecule has 7 nitrogen and oxygen atoms in total. The first-order chi connectivity index (χ1) is 12.9. The Morgan fingerprint density at radius 2 is 1.74 bits per heavy atom. The van der Waals surface area contributed by atoms with Crippen LogP contribution in [-0.2, 0) is 4.79 Å². The summed E-state index contributed by atoms with van der Waals surface area (Å²) in [5.41, 5.74) is 0.0341. The van der Waals surface area contributed by atoms with Gasteiger partial charge in [0.1, 0.15) is 6.04 Å². The van der Waals surface area contributed by atoms with Crippen LogP contribution in [0.3, 0.4) is 0 Å². The van der Waals surface area contributed by atoms with E-state index in [4.69, 9.17) is 0 Å². The van der Waals surface area contributed by atoms with Crippen LogP contribution >= 0.6 is 0 Å². The smallest absolute Gasteiger partial charge is 0.270 e. The van der Waals surface area contributed by atoms with Gasteiger partial charge in [-0.05, 0) is 68.8 Å². The first kappa shape index (κ1) is 17.9. The van der Waals surface area contributed by atoms with Crippen molar-refractivity contribution in [1.29, 1.82) is 0 Å². The number of carbonyl (C=O) groups is 2. The summed E-state index contributed by atoms with van der Waals surface area (Å²) in [4.78, 5) is 35.3. The lowest BCUT2D eigenvalue weighted by molar-refractivity contribution is -0.384. The topological polar surface area (TPSA) is 101 Å². The average Bonchev–Trinajstić information content (AvgIpc) is 2.63. The largest absolute Gasteiger partial charge is 0.351 e. The van der Waals surface area contributed by atoms with Crippen molar-refractivity contribution < 1.29 is 14.5 Å². The maximum Gasteiger partial charge on any atom is 0.270 e. The number of nitrogens with zero attached hydrogens (tertiary/aromatic N) is 1. The highest BCUT2D eigenvalue weighted by molar-refractivity contribution is 5.97. The normalized spacial score (nSPS) is 32.0. The summed E-state index contributed by atoms with van der Waals surface area (Å²) in [6.07, 6.45) is 6.22. The molecular weight excluding hydrogens is 346 g/mol. The molecule has 1 atom stereocenters. The van der Waals surface area contributed by atoms with Gasteiger partial charge in [0.25, 0.3) is 11.6 Å². The van der Waals surface area contributed by atoms with Gasteiger partial charge >= 0.3 is 0 Å². The molecule has 4 saturated carbocycles. The Kier molecular flexibility index (Phi) is 4.61. The van der Waals surface area contributed by atoms with Crippen molar-refractivity contribution in [3.05, 3.63) is 39.9 Å². The first-order valence-corrected chi connectivity index (χ1v) is 9.76. The van der Waals surface area contributed by atoms with Crippen LogP contribution in [0.2, 0.25) is 0 Å². The van der Waals surface area contributed by atoms with Crippen molar-refractivity contribution in [2.24, 2.45) is 23.7 Å². The highest BCUT2D eigenvalue weighted by Gasteiger charge is 2.48. The van der Waals surface area contributed by atoms with Gasteiger partial charge in [0.2, 0.25) is 5.91 Å². The van der Waals surface area contributed by atoms with E-state index in [-0.39, 0.29) is 23.2 Å². The number of rotatable bonds is 5. The molecular formula is C20H25N3O4. The lowest BCUT2D eigenvalue weighted by atomic mass is 9.54. The highest BCUT2D eigenvalue weighted by Crippen LogP contribution is 2.53. The predicted molar refractivity (Wildman–Crippen MR) is 99.0 cm³/mol. The molecule has 5 rings (SSSR count). The maximum absolute atomic E-state index is 12.6. The van der Waals surface area contributed by atoms with Gasteiger partial charge in [-0.1, -0.05) is 6.07 Å². The van der Waals surface area contributed by atoms with E-state index in [1.54, 1.807) is 6.92 Å². The fourth-order valence-electron chi connectivity index (χ4n) is 5.56. The molecule has 4 aliphatic carbocycles. The lowest BCUT2D eigenvalue weighted by Gasteiger charge is -2.54. The molecule has 2 amide bonds. The molecule has 4 aliphatic rings. The van der Waals surface area contributed by atoms with Crippen molar-refractivity contribution in [2.45, 2.75) is 51.1 Å². The zero-order valence-corrected chi connectivity index (χ0v) is 15.4. The van der Waals surface area contributed by atoms with Gasteiger partial charge in [-0.3, -0.25) is 19.7 Å². The van der Waals surface area contributed by atoms with Gasteiger partial charge in [0.15, 0.2) is 0 Å². The van der Waals surface area contributed by atoms with Gasteiger partial charge in [-0.25, -0.2) is 0 Å². The molecule has 0 spiro atoms. The number of nitro benzene ring substituents is 1. The number of non-ortho nitro benzene ring substituents is 1. The zero-order valence-electron chi connectivity index (χ0n) is 15.4. The molecule has 1 aromatic carbocycles. The number of hydrogen-bond acceptors (Lipinski definition) is 4. The van der Waals surface area contributed by atoms with Crippen LogP contribution in [0.1, 0.15) is 49.4 Å². The van der Waals surface area contributed by atoms with Crippen molar-refractivity contribution >= 4 is 17.5 Å². The molecule has 0 aliphatic heterocycles. The van der Waals surface area contributed by atoms with Crippen LogP contribution in [0.25, 0.3) is 0 Å². The van der Waals surface area contributed by atoms with E-state index in [9.17, 15) is 19.7 Å². The van der Waals surface area contributed by atoms with E-state index >= 15 is 0 Å². The van der Waals surface area contributed by atoms with Gasteiger partial charge in [0.05, 0.1) is 4.92 Å². The van der Waals surface area contributed by atoms with Crippen LogP contribution in [0.4, 0.5) is 5.69 Å². The van der Waals surface area contributed by atoms with E-state index in [0.717, 1.165) is 11.8 Å². The first-order valence-electron chi connectivity index (χ1n) is 9.76. The Bertz CT molecular complexity index is 750. The third kappa shape index (κ3) is 3.55. The monoisotopic (exact) mass is 371 g/mol. The van der Waals surface area contributed by atoms with Crippen molar-refractivity contribution in [2.75, 3.05) is 0 Å². The summed E-state index contributed by atoms with van der Waals surface area (Å²) in [7, 11) is 0. The molecule has 0 radical (unpaired) electrons. The molecule has 4 bridgehead atoms. The average molecular weight is 371 g/mol. The maximum atomic E-state index is 12.6. The third-order valence-electron chi connectivity index (χ3n) is 6.60. The molecule has 2 N–H and O–H groups in total. The molecule has 1 aromatic rings. The number of hydrogen-bond donors (Lipinski definition) is 2. The van der Waals surface area contributed by atoms with Crippen molar-refractivity contribution in [3.63, 3.8) is 0 Å². The fourth-order valence-corrected chi connectivity index (χ4v) is 5.56. The van der Waals surface area contributed by atoms with Gasteiger partial charge in [-0.2, -0.15) is 0 Å². The Morgan fingerprint density at radius 3 is 2.33 bits per heavy atom. The van der Waals surface area contributed by atoms with Crippen LogP contribution in [0, 0.1) is 33.8 Å². The molecule has 4 fully saturated rings. The fraction of sp³-hybridized carbons (Fsp3) is 0.600. The van der Waals surface area contributed by atoms with Gasteiger partial charge in [-0.15, -0.1) is 0 Å². The summed E-state index contributed by atoms with van der Waals surface area (Å²) in [6.45, 7) is 1.65. The minimum Gasteiger partial charge on any atom is -0.351 e. The summed E-state index contributed by atoms with van der Waals surface area (Å²) >= 11 is 0. The second-order valence-electron chi connectivity index (χ2n) is 8.47. The molecule has 144 valence electrons. The number of amides is 2. The minimum atomic E-state index is -0.686. The summed E-state index contributed by atoms with van der Waals surface area (Å²) in [6, 6.07) is 5.06. The van der Waals surface area contributed by atoms with Crippen LogP contribution < -0.4 is 10.6 Å². The van der Waals surface area contributed by atoms with E-state index in [0.29, 0.717) is 11.8 Å². The number of nitrogens with one attached hydrogen (secondary N) is 2. The molecule has 27 heavy (non-hydrogen) atoms. The van der Waals surface area contributed by atoms with Crippen LogP contribution in [-0.4, -0.2) is 28.8 Å². The number of nitro groups is 1. The second kappa shape index (κ2) is 6.94. The number of carbonyl (C=O) groups excluding carboxylic acids is 2. The molecule has 0 aromatic heterocycles. The Hall–Kier alpha value is -2.44. The molecule has 0 saturated heterocycles. The summed E-state index contributed by atoms with van der Waals surface area (Å²) < 4.78 is 0. The molecule has 7 heteroatoms. The van der Waals surface area contributed by atoms with Crippen molar-refractivity contribution in [1.82, 2.24) is 10.6 Å². The van der Waals surface area contributed by atoms with Crippen LogP contribution in [0.5, 0.6) is 0 Å². The van der Waals surface area contributed by atoms with Crippen molar-refractivity contribution in [3.8, 4) is 0 Å². The van der Waals surface area contributed by atoms with Gasteiger partial charge < -0.3 is 10.6 Å². The second-order valence-corrected chi connectivity index (χ2v) is 8.47. The summed E-state index contributed by atoms with van der Waals surface area (Å²) in [5, 5.41) is 16.7. The Labute approximate surface area is 158 Å². The standard InChI is InChI=1S/C20H25N3O4/c1-11(21-20(25)14-3-2-4-17(10-14)23(26)27)19(24)22-18-15-6-12-5-13(8-15)9-16(18)7-12/h2-4,10-13,15-16,18H,5-9H2,1H3,(H,21,25)(H,22,24).